The van der Waals surface area contributed by atoms with Crippen molar-refractivity contribution in [2.75, 3.05) is 17.9 Å². The van der Waals surface area contributed by atoms with Crippen LogP contribution in [0.3, 0.4) is 0 Å². The third-order valence-corrected chi connectivity index (χ3v) is 2.87. The molecule has 0 aliphatic carbocycles. The topological polar surface area (TPSA) is 124 Å². The first-order valence-corrected chi connectivity index (χ1v) is 6.57. The van der Waals surface area contributed by atoms with Crippen LogP contribution in [0.1, 0.15) is 0 Å². The molecule has 0 aliphatic heterocycles. The van der Waals surface area contributed by atoms with Crippen LogP contribution in [-0.4, -0.2) is 33.5 Å². The highest BCUT2D eigenvalue weighted by molar-refractivity contribution is 6.30. The number of nitrogens with zero attached hydrogens (tertiary/aromatic N) is 4. The normalized spacial score (nSPS) is 10.3. The molecule has 23 heavy (non-hydrogen) atoms. The van der Waals surface area contributed by atoms with Crippen molar-refractivity contribution in [3.63, 3.8) is 0 Å². The Morgan fingerprint density at radius 1 is 1.13 bits per heavy atom. The number of benzene rings is 1. The second-order valence-corrected chi connectivity index (χ2v) is 4.56. The van der Waals surface area contributed by atoms with Crippen molar-refractivity contribution in [2.24, 2.45) is 0 Å². The third-order valence-electron chi connectivity index (χ3n) is 2.62. The van der Waals surface area contributed by atoms with Crippen LogP contribution in [0.25, 0.3) is 11.3 Å². The Hall–Kier alpha value is -3.14. The van der Waals surface area contributed by atoms with E-state index in [1.807, 2.05) is 0 Å². The van der Waals surface area contributed by atoms with Gasteiger partial charge < -0.3 is 14.9 Å². The van der Waals surface area contributed by atoms with Crippen LogP contribution in [-0.2, 0) is 9.57 Å². The summed E-state index contributed by atoms with van der Waals surface area (Å²) in [5.74, 6) is 0.327. The third kappa shape index (κ3) is 3.37. The number of fused-ring (bicyclic) bond motifs is 1. The van der Waals surface area contributed by atoms with E-state index in [1.54, 1.807) is 24.3 Å². The van der Waals surface area contributed by atoms with Crippen LogP contribution in [0, 0.1) is 0 Å². The number of carbonyl (C=O) groups is 1. The van der Waals surface area contributed by atoms with Crippen LogP contribution in [0.5, 0.6) is 0 Å². The Labute approximate surface area is 133 Å². The SMILES string of the molecule is COC(=O)ONc1nc2nonc2nc1Nc1ccc(Cl)cc1. The molecule has 0 amide bonds. The van der Waals surface area contributed by atoms with Crippen molar-refractivity contribution in [1.29, 1.82) is 0 Å². The van der Waals surface area contributed by atoms with Crippen LogP contribution in [0.2, 0.25) is 5.02 Å². The first kappa shape index (κ1) is 14.8. The van der Waals surface area contributed by atoms with E-state index in [9.17, 15) is 4.79 Å². The average molecular weight is 337 g/mol. The summed E-state index contributed by atoms with van der Waals surface area (Å²) < 4.78 is 8.92. The van der Waals surface area contributed by atoms with Crippen LogP contribution in [0.15, 0.2) is 28.9 Å². The molecule has 0 saturated carbocycles. The molecule has 0 unspecified atom stereocenters. The van der Waals surface area contributed by atoms with Gasteiger partial charge in [0.2, 0.25) is 17.1 Å². The molecule has 3 rings (SSSR count). The maximum Gasteiger partial charge on any atom is 0.533 e. The van der Waals surface area contributed by atoms with Gasteiger partial charge in [0.15, 0.2) is 5.82 Å². The minimum absolute atomic E-state index is 0.0913. The lowest BCUT2D eigenvalue weighted by Gasteiger charge is -2.10. The van der Waals surface area contributed by atoms with E-state index in [0.717, 1.165) is 0 Å². The predicted octanol–water partition coefficient (Wildman–Crippen LogP) is 2.52. The van der Waals surface area contributed by atoms with Gasteiger partial charge in [-0.1, -0.05) is 11.6 Å². The lowest BCUT2D eigenvalue weighted by Crippen LogP contribution is -2.13. The lowest BCUT2D eigenvalue weighted by atomic mass is 10.3. The average Bonchev–Trinajstić information content (AvgIpc) is 3.01. The summed E-state index contributed by atoms with van der Waals surface area (Å²) in [6.45, 7) is 0. The number of nitrogens with one attached hydrogen (secondary N) is 2. The number of rotatable bonds is 4. The molecular weight excluding hydrogens is 328 g/mol. The minimum Gasteiger partial charge on any atom is -0.436 e. The zero-order chi connectivity index (χ0) is 16.2. The first-order chi connectivity index (χ1) is 11.2. The Morgan fingerprint density at radius 3 is 2.43 bits per heavy atom. The van der Waals surface area contributed by atoms with Crippen molar-refractivity contribution in [2.45, 2.75) is 0 Å². The van der Waals surface area contributed by atoms with E-state index in [0.29, 0.717) is 10.7 Å². The van der Waals surface area contributed by atoms with Gasteiger partial charge in [0.1, 0.15) is 0 Å². The Morgan fingerprint density at radius 2 is 1.78 bits per heavy atom. The zero-order valence-corrected chi connectivity index (χ0v) is 12.4. The molecule has 3 aromatic rings. The van der Waals surface area contributed by atoms with E-state index in [-0.39, 0.29) is 22.9 Å². The highest BCUT2D eigenvalue weighted by Crippen LogP contribution is 2.24. The molecule has 0 atom stereocenters. The molecule has 0 radical (unpaired) electrons. The summed E-state index contributed by atoms with van der Waals surface area (Å²) in [5.41, 5.74) is 3.34. The molecule has 2 aromatic heterocycles. The molecule has 0 fully saturated rings. The molecule has 0 saturated heterocycles. The van der Waals surface area contributed by atoms with Gasteiger partial charge in [0.05, 0.1) is 7.11 Å². The van der Waals surface area contributed by atoms with Crippen molar-refractivity contribution < 1.29 is 19.0 Å². The van der Waals surface area contributed by atoms with Crippen molar-refractivity contribution in [3.8, 4) is 0 Å². The summed E-state index contributed by atoms with van der Waals surface area (Å²) in [4.78, 5) is 24.0. The standard InChI is InChI=1S/C12H9ClN6O4/c1-21-12(20)22-17-9-8(14-7-4-2-6(13)3-5-7)15-10-11(16-9)19-23-18-10/h2-5H,1H3,(H,14,15,18)(H,16,17,19). The van der Waals surface area contributed by atoms with Crippen molar-refractivity contribution >= 4 is 46.4 Å². The molecule has 2 heterocycles. The number of halogens is 1. The largest absolute Gasteiger partial charge is 0.533 e. The number of hydrogen-bond acceptors (Lipinski definition) is 10. The number of carbonyl (C=O) groups excluding carboxylic acids is 1. The van der Waals surface area contributed by atoms with Crippen LogP contribution >= 0.6 is 11.6 Å². The second-order valence-electron chi connectivity index (χ2n) is 4.12. The highest BCUT2D eigenvalue weighted by Gasteiger charge is 2.14. The van der Waals surface area contributed by atoms with E-state index >= 15 is 0 Å². The lowest BCUT2D eigenvalue weighted by molar-refractivity contribution is 0.0911. The van der Waals surface area contributed by atoms with E-state index in [1.165, 1.54) is 7.11 Å². The smallest absolute Gasteiger partial charge is 0.436 e. The van der Waals surface area contributed by atoms with Gasteiger partial charge in [-0.3, -0.25) is 0 Å². The van der Waals surface area contributed by atoms with Gasteiger partial charge in [-0.25, -0.2) is 14.4 Å². The van der Waals surface area contributed by atoms with Crippen molar-refractivity contribution in [1.82, 2.24) is 20.3 Å². The minimum atomic E-state index is -0.942. The van der Waals surface area contributed by atoms with Crippen molar-refractivity contribution in [3.05, 3.63) is 29.3 Å². The number of aromatic nitrogens is 4. The maximum absolute atomic E-state index is 11.1. The number of ether oxygens (including phenoxy) is 1. The quantitative estimate of drug-likeness (QED) is 0.542. The van der Waals surface area contributed by atoms with Crippen LogP contribution in [0.4, 0.5) is 22.1 Å². The number of methoxy groups -OCH3 is 1. The van der Waals surface area contributed by atoms with Gasteiger partial charge in [0, 0.05) is 10.7 Å². The van der Waals surface area contributed by atoms with Gasteiger partial charge >= 0.3 is 6.16 Å². The molecule has 0 bridgehead atoms. The highest BCUT2D eigenvalue weighted by atomic mass is 35.5. The molecular formula is C12H9ClN6O4. The molecule has 2 N–H and O–H groups in total. The molecule has 11 heteroatoms. The fourth-order valence-corrected chi connectivity index (χ4v) is 1.72. The predicted molar refractivity (Wildman–Crippen MR) is 79.2 cm³/mol. The Kier molecular flexibility index (Phi) is 4.06. The Bertz CT molecular complexity index is 837. The van der Waals surface area contributed by atoms with E-state index in [2.05, 4.69) is 45.3 Å². The molecule has 118 valence electrons. The molecule has 10 nitrogen and oxygen atoms in total. The van der Waals surface area contributed by atoms with Gasteiger partial charge in [-0.05, 0) is 34.6 Å². The fraction of sp³-hybridized carbons (Fsp3) is 0.0833. The summed E-state index contributed by atoms with van der Waals surface area (Å²) >= 11 is 5.84. The number of hydrogen-bond donors (Lipinski definition) is 2. The summed E-state index contributed by atoms with van der Waals surface area (Å²) in [5, 5.41) is 10.8. The fourth-order valence-electron chi connectivity index (χ4n) is 1.60. The second kappa shape index (κ2) is 6.32. The van der Waals surface area contributed by atoms with Gasteiger partial charge in [0.25, 0.3) is 0 Å². The molecule has 1 aromatic carbocycles. The maximum atomic E-state index is 11.1. The molecule has 0 spiro atoms. The van der Waals surface area contributed by atoms with E-state index < -0.39 is 6.16 Å². The Balaban J connectivity index is 1.91. The van der Waals surface area contributed by atoms with E-state index in [4.69, 9.17) is 11.6 Å². The zero-order valence-electron chi connectivity index (χ0n) is 11.6. The first-order valence-electron chi connectivity index (χ1n) is 6.19. The summed E-state index contributed by atoms with van der Waals surface area (Å²) in [7, 11) is 1.17. The number of anilines is 3. The molecule has 0 aliphatic rings. The summed E-state index contributed by atoms with van der Waals surface area (Å²) in [6, 6.07) is 6.87. The summed E-state index contributed by atoms with van der Waals surface area (Å²) in [6.07, 6.45) is -0.942. The van der Waals surface area contributed by atoms with Gasteiger partial charge in [-0.2, -0.15) is 10.5 Å². The van der Waals surface area contributed by atoms with Crippen LogP contribution < -0.4 is 10.8 Å². The monoisotopic (exact) mass is 336 g/mol. The van der Waals surface area contributed by atoms with Gasteiger partial charge in [-0.15, -0.1) is 0 Å².